The number of carbonyl (C=O) groups is 1. The summed E-state index contributed by atoms with van der Waals surface area (Å²) >= 11 is 0. The van der Waals surface area contributed by atoms with Crippen LogP contribution < -0.4 is 11.1 Å². The summed E-state index contributed by atoms with van der Waals surface area (Å²) in [5.41, 5.74) is 6.42. The largest absolute Gasteiger partial charge is 0.370 e. The molecule has 0 saturated carbocycles. The van der Waals surface area contributed by atoms with Gasteiger partial charge < -0.3 is 11.1 Å². The maximum Gasteiger partial charge on any atom is 0.217 e. The molecule has 3 N–H and O–H groups in total. The zero-order valence-corrected chi connectivity index (χ0v) is 10.5. The summed E-state index contributed by atoms with van der Waals surface area (Å²) in [5.74, 6) is 0.347. The molecule has 0 spiro atoms. The van der Waals surface area contributed by atoms with E-state index in [1.807, 2.05) is 18.2 Å². The van der Waals surface area contributed by atoms with Crippen molar-refractivity contribution in [3.8, 4) is 0 Å². The highest BCUT2D eigenvalue weighted by Crippen LogP contribution is 2.09. The zero-order chi connectivity index (χ0) is 12.5. The zero-order valence-electron chi connectivity index (χ0n) is 10.5. The van der Waals surface area contributed by atoms with Crippen LogP contribution in [0.4, 0.5) is 0 Å². The van der Waals surface area contributed by atoms with Gasteiger partial charge >= 0.3 is 0 Å². The lowest BCUT2D eigenvalue weighted by molar-refractivity contribution is -0.118. The van der Waals surface area contributed by atoms with E-state index in [0.29, 0.717) is 12.3 Å². The molecular weight excluding hydrogens is 212 g/mol. The van der Waals surface area contributed by atoms with Gasteiger partial charge in [-0.05, 0) is 30.9 Å². The molecule has 1 atom stereocenters. The van der Waals surface area contributed by atoms with Gasteiger partial charge in [-0.15, -0.1) is 0 Å². The Balaban J connectivity index is 2.06. The van der Waals surface area contributed by atoms with Crippen LogP contribution in [0.3, 0.4) is 0 Å². The summed E-state index contributed by atoms with van der Waals surface area (Å²) in [6.45, 7) is 4.05. The summed E-state index contributed by atoms with van der Waals surface area (Å²) in [5, 5.41) is 3.40. The predicted molar refractivity (Wildman–Crippen MR) is 70.4 cm³/mol. The summed E-state index contributed by atoms with van der Waals surface area (Å²) in [6.07, 6.45) is 2.47. The third-order valence-corrected chi connectivity index (χ3v) is 2.87. The molecule has 0 bridgehead atoms. The Morgan fingerprint density at radius 1 is 1.29 bits per heavy atom. The lowest BCUT2D eigenvalue weighted by Crippen LogP contribution is -2.18. The molecule has 0 heterocycles. The van der Waals surface area contributed by atoms with Gasteiger partial charge in [-0.2, -0.15) is 0 Å². The van der Waals surface area contributed by atoms with Crippen molar-refractivity contribution >= 4 is 5.91 Å². The van der Waals surface area contributed by atoms with E-state index < -0.39 is 0 Å². The van der Waals surface area contributed by atoms with E-state index >= 15 is 0 Å². The van der Waals surface area contributed by atoms with Gasteiger partial charge in [0.15, 0.2) is 0 Å². The van der Waals surface area contributed by atoms with Crippen molar-refractivity contribution in [3.63, 3.8) is 0 Å². The van der Waals surface area contributed by atoms with Gasteiger partial charge in [0.2, 0.25) is 5.91 Å². The number of hydrogen-bond acceptors (Lipinski definition) is 2. The number of nitrogens with one attached hydrogen (secondary N) is 1. The van der Waals surface area contributed by atoms with E-state index in [4.69, 9.17) is 5.73 Å². The molecule has 0 fully saturated rings. The smallest absolute Gasteiger partial charge is 0.217 e. The Morgan fingerprint density at radius 2 is 2.00 bits per heavy atom. The van der Waals surface area contributed by atoms with Gasteiger partial charge in [0, 0.05) is 13.0 Å². The minimum absolute atomic E-state index is 0.200. The number of rotatable bonds is 8. The molecule has 1 amide bonds. The van der Waals surface area contributed by atoms with Crippen molar-refractivity contribution in [1.29, 1.82) is 0 Å². The average molecular weight is 234 g/mol. The standard InChI is InChI=1S/C14H22N2O/c1-12(7-8-14(15)17)9-10-16-11-13-5-3-2-4-6-13/h2-6,12,16H,7-11H2,1H3,(H2,15,17)/t12-/m0/s1. The highest BCUT2D eigenvalue weighted by atomic mass is 16.1. The van der Waals surface area contributed by atoms with Crippen molar-refractivity contribution in [2.24, 2.45) is 11.7 Å². The maximum atomic E-state index is 10.6. The number of hydrogen-bond donors (Lipinski definition) is 2. The van der Waals surface area contributed by atoms with Crippen molar-refractivity contribution in [3.05, 3.63) is 35.9 Å². The van der Waals surface area contributed by atoms with E-state index in [-0.39, 0.29) is 5.91 Å². The van der Waals surface area contributed by atoms with Crippen molar-refractivity contribution < 1.29 is 4.79 Å². The van der Waals surface area contributed by atoms with Crippen LogP contribution in [0.5, 0.6) is 0 Å². The molecule has 1 aromatic rings. The van der Waals surface area contributed by atoms with E-state index in [1.54, 1.807) is 0 Å². The molecule has 3 heteroatoms. The van der Waals surface area contributed by atoms with Gasteiger partial charge in [-0.3, -0.25) is 4.79 Å². The molecule has 0 unspecified atom stereocenters. The molecule has 3 nitrogen and oxygen atoms in total. The molecule has 94 valence electrons. The first-order valence-electron chi connectivity index (χ1n) is 6.21. The van der Waals surface area contributed by atoms with Crippen LogP contribution in [0, 0.1) is 5.92 Å². The normalized spacial score (nSPS) is 12.3. The van der Waals surface area contributed by atoms with Crippen LogP contribution in [0.2, 0.25) is 0 Å². The Labute approximate surface area is 103 Å². The molecule has 17 heavy (non-hydrogen) atoms. The second-order valence-corrected chi connectivity index (χ2v) is 4.56. The summed E-state index contributed by atoms with van der Waals surface area (Å²) in [6, 6.07) is 10.3. The van der Waals surface area contributed by atoms with Gasteiger partial charge in [0.05, 0.1) is 0 Å². The van der Waals surface area contributed by atoms with Gasteiger partial charge in [0.25, 0.3) is 0 Å². The first-order chi connectivity index (χ1) is 8.18. The highest BCUT2D eigenvalue weighted by molar-refractivity contribution is 5.73. The minimum atomic E-state index is -0.200. The van der Waals surface area contributed by atoms with Crippen LogP contribution in [0.1, 0.15) is 31.7 Å². The number of carbonyl (C=O) groups excluding carboxylic acids is 1. The molecule has 0 aliphatic rings. The van der Waals surface area contributed by atoms with Gasteiger partial charge in [-0.25, -0.2) is 0 Å². The average Bonchev–Trinajstić information content (AvgIpc) is 2.33. The quantitative estimate of drug-likeness (QED) is 0.676. The third-order valence-electron chi connectivity index (χ3n) is 2.87. The predicted octanol–water partition coefficient (Wildman–Crippen LogP) is 2.07. The third kappa shape index (κ3) is 6.74. The van der Waals surface area contributed by atoms with Gasteiger partial charge in [0.1, 0.15) is 0 Å². The Bertz CT molecular complexity index is 324. The van der Waals surface area contributed by atoms with Crippen LogP contribution in [0.15, 0.2) is 30.3 Å². The van der Waals surface area contributed by atoms with Crippen molar-refractivity contribution in [2.45, 2.75) is 32.7 Å². The summed E-state index contributed by atoms with van der Waals surface area (Å²) < 4.78 is 0. The molecule has 0 radical (unpaired) electrons. The van der Waals surface area contributed by atoms with Crippen LogP contribution in [0.25, 0.3) is 0 Å². The lowest BCUT2D eigenvalue weighted by atomic mass is 10.0. The number of nitrogens with two attached hydrogens (primary N) is 1. The first-order valence-corrected chi connectivity index (χ1v) is 6.21. The number of primary amides is 1. The molecule has 0 aliphatic carbocycles. The molecule has 1 rings (SSSR count). The van der Waals surface area contributed by atoms with E-state index in [0.717, 1.165) is 25.9 Å². The molecular formula is C14H22N2O. The van der Waals surface area contributed by atoms with Crippen LogP contribution in [-0.2, 0) is 11.3 Å². The fourth-order valence-corrected chi connectivity index (χ4v) is 1.71. The molecule has 0 saturated heterocycles. The van der Waals surface area contributed by atoms with E-state index in [1.165, 1.54) is 5.56 Å². The lowest BCUT2D eigenvalue weighted by Gasteiger charge is -2.10. The SMILES string of the molecule is C[C@H](CCNCc1ccccc1)CCC(N)=O. The summed E-state index contributed by atoms with van der Waals surface area (Å²) in [4.78, 5) is 10.6. The van der Waals surface area contributed by atoms with Gasteiger partial charge in [-0.1, -0.05) is 37.3 Å². The Hall–Kier alpha value is -1.35. The Kier molecular flexibility index (Phi) is 6.33. The highest BCUT2D eigenvalue weighted by Gasteiger charge is 2.03. The molecule has 0 aliphatic heterocycles. The monoisotopic (exact) mass is 234 g/mol. The summed E-state index contributed by atoms with van der Waals surface area (Å²) in [7, 11) is 0. The minimum Gasteiger partial charge on any atom is -0.370 e. The Morgan fingerprint density at radius 3 is 2.65 bits per heavy atom. The molecule has 1 aromatic carbocycles. The maximum absolute atomic E-state index is 10.6. The fourth-order valence-electron chi connectivity index (χ4n) is 1.71. The van der Waals surface area contributed by atoms with Crippen LogP contribution in [-0.4, -0.2) is 12.5 Å². The topological polar surface area (TPSA) is 55.1 Å². The second kappa shape index (κ2) is 7.85. The molecule has 0 aromatic heterocycles. The van der Waals surface area contributed by atoms with E-state index in [9.17, 15) is 4.79 Å². The van der Waals surface area contributed by atoms with Crippen molar-refractivity contribution in [2.75, 3.05) is 6.54 Å². The number of benzene rings is 1. The second-order valence-electron chi connectivity index (χ2n) is 4.56. The van der Waals surface area contributed by atoms with E-state index in [2.05, 4.69) is 24.4 Å². The fraction of sp³-hybridized carbons (Fsp3) is 0.500. The first kappa shape index (κ1) is 13.7. The number of amides is 1. The van der Waals surface area contributed by atoms with Crippen molar-refractivity contribution in [1.82, 2.24) is 5.32 Å². The van der Waals surface area contributed by atoms with Crippen LogP contribution >= 0.6 is 0 Å².